The molecule has 76 valence electrons. The summed E-state index contributed by atoms with van der Waals surface area (Å²) in [6, 6.07) is 5.35. The zero-order chi connectivity index (χ0) is 10.5. The quantitative estimate of drug-likeness (QED) is 0.750. The van der Waals surface area contributed by atoms with Crippen molar-refractivity contribution in [1.82, 2.24) is 0 Å². The summed E-state index contributed by atoms with van der Waals surface area (Å²) in [5.74, 6) is 0.503. The van der Waals surface area contributed by atoms with Crippen molar-refractivity contribution in [3.05, 3.63) is 28.8 Å². The van der Waals surface area contributed by atoms with Crippen LogP contribution < -0.4 is 5.73 Å². The van der Waals surface area contributed by atoms with Gasteiger partial charge in [0, 0.05) is 17.0 Å². The van der Waals surface area contributed by atoms with Gasteiger partial charge in [-0.05, 0) is 23.1 Å². The fourth-order valence-electron chi connectivity index (χ4n) is 2.05. The van der Waals surface area contributed by atoms with E-state index >= 15 is 0 Å². The number of hydrogen-bond donors (Lipinski definition) is 2. The van der Waals surface area contributed by atoms with Crippen LogP contribution in [0.5, 0.6) is 5.75 Å². The lowest BCUT2D eigenvalue weighted by molar-refractivity contribution is 0.464. The highest BCUT2D eigenvalue weighted by molar-refractivity contribution is 6.30. The summed E-state index contributed by atoms with van der Waals surface area (Å²) >= 11 is 5.76. The molecule has 0 amide bonds. The van der Waals surface area contributed by atoms with Gasteiger partial charge in [-0.15, -0.1) is 0 Å². The molecule has 1 aromatic carbocycles. The SMILES string of the molecule is CC1(C)C(N)C1c1ccc(Cl)cc1O. The second-order valence-electron chi connectivity index (χ2n) is 4.53. The molecular formula is C11H14ClNO. The van der Waals surface area contributed by atoms with E-state index in [0.717, 1.165) is 5.56 Å². The van der Waals surface area contributed by atoms with Crippen LogP contribution in [0.2, 0.25) is 5.02 Å². The van der Waals surface area contributed by atoms with Gasteiger partial charge in [-0.2, -0.15) is 0 Å². The first-order chi connectivity index (χ1) is 6.44. The van der Waals surface area contributed by atoms with Crippen molar-refractivity contribution in [2.75, 3.05) is 0 Å². The molecule has 3 heteroatoms. The fourth-order valence-corrected chi connectivity index (χ4v) is 2.22. The highest BCUT2D eigenvalue weighted by atomic mass is 35.5. The van der Waals surface area contributed by atoms with E-state index in [9.17, 15) is 5.11 Å². The lowest BCUT2D eigenvalue weighted by Crippen LogP contribution is -2.06. The molecule has 1 aliphatic carbocycles. The van der Waals surface area contributed by atoms with E-state index in [-0.39, 0.29) is 23.1 Å². The van der Waals surface area contributed by atoms with E-state index in [4.69, 9.17) is 17.3 Å². The Kier molecular flexibility index (Phi) is 2.02. The lowest BCUT2D eigenvalue weighted by Gasteiger charge is -2.05. The Morgan fingerprint density at radius 3 is 2.43 bits per heavy atom. The highest BCUT2D eigenvalue weighted by Gasteiger charge is 2.56. The summed E-state index contributed by atoms with van der Waals surface area (Å²) in [7, 11) is 0. The average molecular weight is 212 g/mol. The number of hydrogen-bond acceptors (Lipinski definition) is 2. The third-order valence-electron chi connectivity index (χ3n) is 3.24. The lowest BCUT2D eigenvalue weighted by atomic mass is 10.0. The predicted molar refractivity (Wildman–Crippen MR) is 57.6 cm³/mol. The number of benzene rings is 1. The van der Waals surface area contributed by atoms with Crippen molar-refractivity contribution < 1.29 is 5.11 Å². The largest absolute Gasteiger partial charge is 0.508 e. The van der Waals surface area contributed by atoms with E-state index < -0.39 is 0 Å². The molecule has 2 unspecified atom stereocenters. The van der Waals surface area contributed by atoms with E-state index in [2.05, 4.69) is 13.8 Å². The molecule has 0 heterocycles. The van der Waals surface area contributed by atoms with E-state index in [1.54, 1.807) is 12.1 Å². The van der Waals surface area contributed by atoms with Gasteiger partial charge in [0.25, 0.3) is 0 Å². The molecule has 3 N–H and O–H groups in total. The van der Waals surface area contributed by atoms with Gasteiger partial charge < -0.3 is 10.8 Å². The van der Waals surface area contributed by atoms with Crippen LogP contribution in [-0.2, 0) is 0 Å². The molecule has 0 radical (unpaired) electrons. The molecule has 0 spiro atoms. The van der Waals surface area contributed by atoms with Crippen molar-refractivity contribution in [1.29, 1.82) is 0 Å². The Balaban J connectivity index is 2.36. The van der Waals surface area contributed by atoms with Crippen LogP contribution in [-0.4, -0.2) is 11.1 Å². The first-order valence-electron chi connectivity index (χ1n) is 4.68. The second kappa shape index (κ2) is 2.88. The highest BCUT2D eigenvalue weighted by Crippen LogP contribution is 2.59. The molecule has 14 heavy (non-hydrogen) atoms. The van der Waals surface area contributed by atoms with Crippen LogP contribution >= 0.6 is 11.6 Å². The standard InChI is InChI=1S/C11H14ClNO/c1-11(2)9(10(11)13)7-4-3-6(12)5-8(7)14/h3-5,9-10,14H,13H2,1-2H3. The van der Waals surface area contributed by atoms with Gasteiger partial charge in [0.2, 0.25) is 0 Å². The van der Waals surface area contributed by atoms with Gasteiger partial charge >= 0.3 is 0 Å². The first kappa shape index (κ1) is 9.81. The maximum Gasteiger partial charge on any atom is 0.120 e. The Bertz CT molecular complexity index is 376. The van der Waals surface area contributed by atoms with Gasteiger partial charge in [0.05, 0.1) is 0 Å². The summed E-state index contributed by atoms with van der Waals surface area (Å²) in [5.41, 5.74) is 6.94. The van der Waals surface area contributed by atoms with Crippen LogP contribution in [0.25, 0.3) is 0 Å². The van der Waals surface area contributed by atoms with Gasteiger partial charge in [-0.25, -0.2) is 0 Å². The molecule has 0 aromatic heterocycles. The van der Waals surface area contributed by atoms with Gasteiger partial charge in [-0.3, -0.25) is 0 Å². The summed E-state index contributed by atoms with van der Waals surface area (Å²) in [6.07, 6.45) is 0. The normalized spacial score (nSPS) is 28.9. The van der Waals surface area contributed by atoms with E-state index in [0.29, 0.717) is 5.02 Å². The second-order valence-corrected chi connectivity index (χ2v) is 4.96. The van der Waals surface area contributed by atoms with Crippen molar-refractivity contribution >= 4 is 11.6 Å². The van der Waals surface area contributed by atoms with Crippen molar-refractivity contribution in [3.8, 4) is 5.75 Å². The van der Waals surface area contributed by atoms with Crippen LogP contribution in [0.4, 0.5) is 0 Å². The predicted octanol–water partition coefficient (Wildman–Crippen LogP) is 2.50. The zero-order valence-corrected chi connectivity index (χ0v) is 9.05. The minimum absolute atomic E-state index is 0.0886. The summed E-state index contributed by atoms with van der Waals surface area (Å²) in [5, 5.41) is 10.3. The number of phenolic OH excluding ortho intramolecular Hbond substituents is 1. The smallest absolute Gasteiger partial charge is 0.120 e. The number of phenols is 1. The Morgan fingerprint density at radius 1 is 1.43 bits per heavy atom. The molecule has 2 rings (SSSR count). The van der Waals surface area contributed by atoms with Gasteiger partial charge in [0.1, 0.15) is 5.75 Å². The van der Waals surface area contributed by atoms with Crippen LogP contribution in [0.15, 0.2) is 18.2 Å². The Morgan fingerprint density at radius 2 is 2.00 bits per heavy atom. The number of aromatic hydroxyl groups is 1. The zero-order valence-electron chi connectivity index (χ0n) is 8.29. The van der Waals surface area contributed by atoms with Crippen molar-refractivity contribution in [2.45, 2.75) is 25.8 Å². The third-order valence-corrected chi connectivity index (χ3v) is 3.47. The van der Waals surface area contributed by atoms with Crippen LogP contribution in [0, 0.1) is 5.41 Å². The molecule has 2 nitrogen and oxygen atoms in total. The molecule has 1 aliphatic rings. The fraction of sp³-hybridized carbons (Fsp3) is 0.455. The molecule has 0 aliphatic heterocycles. The Hall–Kier alpha value is -0.730. The molecule has 1 aromatic rings. The van der Waals surface area contributed by atoms with E-state index in [1.165, 1.54) is 0 Å². The van der Waals surface area contributed by atoms with Gasteiger partial charge in [-0.1, -0.05) is 31.5 Å². The molecule has 0 saturated heterocycles. The first-order valence-corrected chi connectivity index (χ1v) is 5.06. The maximum absolute atomic E-state index is 9.71. The minimum Gasteiger partial charge on any atom is -0.508 e. The molecule has 1 fully saturated rings. The third kappa shape index (κ3) is 1.30. The number of nitrogens with two attached hydrogens (primary N) is 1. The van der Waals surface area contributed by atoms with Crippen molar-refractivity contribution in [2.24, 2.45) is 11.1 Å². The number of rotatable bonds is 1. The minimum atomic E-state index is 0.0886. The maximum atomic E-state index is 9.71. The summed E-state index contributed by atoms with van der Waals surface area (Å²) in [4.78, 5) is 0. The average Bonchev–Trinajstić information content (AvgIpc) is 2.54. The molecular weight excluding hydrogens is 198 g/mol. The van der Waals surface area contributed by atoms with Crippen molar-refractivity contribution in [3.63, 3.8) is 0 Å². The monoisotopic (exact) mass is 211 g/mol. The molecule has 1 saturated carbocycles. The Labute approximate surface area is 88.7 Å². The molecule has 2 atom stereocenters. The van der Waals surface area contributed by atoms with E-state index in [1.807, 2.05) is 6.07 Å². The van der Waals surface area contributed by atoms with Crippen LogP contribution in [0.3, 0.4) is 0 Å². The summed E-state index contributed by atoms with van der Waals surface area (Å²) < 4.78 is 0. The molecule has 0 bridgehead atoms. The summed E-state index contributed by atoms with van der Waals surface area (Å²) in [6.45, 7) is 4.22. The van der Waals surface area contributed by atoms with Gasteiger partial charge in [0.15, 0.2) is 0 Å². The topological polar surface area (TPSA) is 46.2 Å². The number of halogens is 1. The van der Waals surface area contributed by atoms with Crippen LogP contribution in [0.1, 0.15) is 25.3 Å².